The second-order valence-corrected chi connectivity index (χ2v) is 6.18. The smallest absolute Gasteiger partial charge is 0.274 e. The van der Waals surface area contributed by atoms with E-state index in [-0.39, 0.29) is 11.9 Å². The summed E-state index contributed by atoms with van der Waals surface area (Å²) in [5.41, 5.74) is 3.66. The predicted molar refractivity (Wildman–Crippen MR) is 87.4 cm³/mol. The first-order valence-electron chi connectivity index (χ1n) is 7.78. The first-order chi connectivity index (χ1) is 11.0. The lowest BCUT2D eigenvalue weighted by atomic mass is 10.1. The van der Waals surface area contributed by atoms with Crippen molar-refractivity contribution in [1.29, 1.82) is 0 Å². The zero-order valence-electron chi connectivity index (χ0n) is 13.5. The summed E-state index contributed by atoms with van der Waals surface area (Å²) in [7, 11) is 1.85. The third kappa shape index (κ3) is 2.13. The van der Waals surface area contributed by atoms with Gasteiger partial charge in [0.2, 0.25) is 0 Å². The van der Waals surface area contributed by atoms with Crippen LogP contribution >= 0.6 is 0 Å². The highest BCUT2D eigenvalue weighted by Gasteiger charge is 2.34. The van der Waals surface area contributed by atoms with Gasteiger partial charge in [-0.1, -0.05) is 12.1 Å². The molecule has 0 radical (unpaired) electrons. The maximum atomic E-state index is 12.5. The molecule has 1 fully saturated rings. The van der Waals surface area contributed by atoms with Crippen molar-refractivity contribution >= 4 is 16.9 Å². The first-order valence-corrected chi connectivity index (χ1v) is 7.78. The highest BCUT2D eigenvalue weighted by atomic mass is 16.2. The molecule has 4 rings (SSSR count). The zero-order chi connectivity index (χ0) is 16.1. The molecule has 1 aromatic carbocycles. The van der Waals surface area contributed by atoms with Crippen molar-refractivity contribution in [3.63, 3.8) is 0 Å². The lowest BCUT2D eigenvalue weighted by Gasteiger charge is -2.40. The Labute approximate surface area is 134 Å². The number of imidazole rings is 1. The Hall–Kier alpha value is -2.63. The van der Waals surface area contributed by atoms with E-state index in [9.17, 15) is 4.79 Å². The summed E-state index contributed by atoms with van der Waals surface area (Å²) < 4.78 is 3.97. The lowest BCUT2D eigenvalue weighted by Crippen LogP contribution is -2.51. The van der Waals surface area contributed by atoms with E-state index in [1.54, 1.807) is 4.68 Å². The first kappa shape index (κ1) is 14.0. The zero-order valence-corrected chi connectivity index (χ0v) is 13.5. The number of likely N-dealkylation sites (tertiary alicyclic amines) is 1. The predicted octanol–water partition coefficient (Wildman–Crippen LogP) is 2.08. The average molecular weight is 309 g/mol. The van der Waals surface area contributed by atoms with Gasteiger partial charge in [0.05, 0.1) is 17.1 Å². The van der Waals surface area contributed by atoms with Crippen LogP contribution < -0.4 is 0 Å². The second-order valence-electron chi connectivity index (χ2n) is 6.18. The fraction of sp³-hybridized carbons (Fsp3) is 0.353. The highest BCUT2D eigenvalue weighted by molar-refractivity contribution is 5.93. The van der Waals surface area contributed by atoms with E-state index >= 15 is 0 Å². The van der Waals surface area contributed by atoms with Crippen LogP contribution in [0.1, 0.15) is 28.0 Å². The summed E-state index contributed by atoms with van der Waals surface area (Å²) in [6.07, 6.45) is 0. The number of amides is 1. The molecule has 3 heterocycles. The van der Waals surface area contributed by atoms with Crippen molar-refractivity contribution in [3.8, 4) is 0 Å². The molecule has 0 atom stereocenters. The molecule has 6 nitrogen and oxygen atoms in total. The van der Waals surface area contributed by atoms with E-state index in [0.29, 0.717) is 18.8 Å². The second kappa shape index (κ2) is 4.94. The Balaban J connectivity index is 1.55. The Kier molecular flexibility index (Phi) is 3.01. The Morgan fingerprint density at radius 1 is 1.22 bits per heavy atom. The van der Waals surface area contributed by atoms with E-state index in [1.807, 2.05) is 50.1 Å². The highest BCUT2D eigenvalue weighted by Crippen LogP contribution is 2.28. The quantitative estimate of drug-likeness (QED) is 0.728. The Morgan fingerprint density at radius 3 is 2.65 bits per heavy atom. The van der Waals surface area contributed by atoms with Crippen molar-refractivity contribution in [2.75, 3.05) is 13.1 Å². The van der Waals surface area contributed by atoms with E-state index in [4.69, 9.17) is 0 Å². The van der Waals surface area contributed by atoms with Gasteiger partial charge in [-0.05, 0) is 32.0 Å². The minimum absolute atomic E-state index is 0.00650. The number of hydrogen-bond acceptors (Lipinski definition) is 3. The fourth-order valence-corrected chi connectivity index (χ4v) is 3.24. The molecule has 1 aliphatic rings. The van der Waals surface area contributed by atoms with Crippen LogP contribution in [-0.2, 0) is 7.05 Å². The number of rotatable bonds is 2. The van der Waals surface area contributed by atoms with Crippen LogP contribution in [0.3, 0.4) is 0 Å². The molecule has 23 heavy (non-hydrogen) atoms. The SMILES string of the molecule is Cc1cc(C(=O)N2CC(n3c(C)nc4ccccc43)C2)nn1C. The summed E-state index contributed by atoms with van der Waals surface area (Å²) in [6.45, 7) is 5.38. The monoisotopic (exact) mass is 309 g/mol. The molecule has 3 aromatic rings. The third-order valence-corrected chi connectivity index (χ3v) is 4.62. The van der Waals surface area contributed by atoms with Gasteiger partial charge in [-0.3, -0.25) is 9.48 Å². The molecule has 0 spiro atoms. The van der Waals surface area contributed by atoms with Gasteiger partial charge in [0.15, 0.2) is 5.69 Å². The minimum Gasteiger partial charge on any atom is -0.333 e. The van der Waals surface area contributed by atoms with E-state index in [0.717, 1.165) is 22.6 Å². The fourth-order valence-electron chi connectivity index (χ4n) is 3.24. The van der Waals surface area contributed by atoms with Gasteiger partial charge in [0.1, 0.15) is 5.82 Å². The van der Waals surface area contributed by atoms with Crippen molar-refractivity contribution in [1.82, 2.24) is 24.2 Å². The standard InChI is InChI=1S/C17H19N5O/c1-11-8-15(19-20(11)3)17(23)21-9-13(10-21)22-12(2)18-14-6-4-5-7-16(14)22/h4-8,13H,9-10H2,1-3H3. The van der Waals surface area contributed by atoms with Gasteiger partial charge in [0, 0.05) is 25.8 Å². The number of fused-ring (bicyclic) bond motifs is 1. The summed E-state index contributed by atoms with van der Waals surface area (Å²) in [6, 6.07) is 10.3. The molecular weight excluding hydrogens is 290 g/mol. The van der Waals surface area contributed by atoms with Gasteiger partial charge in [-0.2, -0.15) is 5.10 Å². The number of carbonyl (C=O) groups is 1. The number of para-hydroxylation sites is 2. The number of hydrogen-bond donors (Lipinski definition) is 0. The van der Waals surface area contributed by atoms with Gasteiger partial charge in [0.25, 0.3) is 5.91 Å². The number of nitrogens with zero attached hydrogens (tertiary/aromatic N) is 5. The molecule has 0 unspecified atom stereocenters. The van der Waals surface area contributed by atoms with Crippen molar-refractivity contribution in [3.05, 3.63) is 47.5 Å². The van der Waals surface area contributed by atoms with Crippen LogP contribution in [0.25, 0.3) is 11.0 Å². The molecule has 0 N–H and O–H groups in total. The summed E-state index contributed by atoms with van der Waals surface area (Å²) in [5, 5.41) is 4.27. The van der Waals surface area contributed by atoms with Gasteiger partial charge >= 0.3 is 0 Å². The Morgan fingerprint density at radius 2 is 1.96 bits per heavy atom. The van der Waals surface area contributed by atoms with E-state index in [2.05, 4.69) is 20.7 Å². The molecule has 1 aliphatic heterocycles. The molecular formula is C17H19N5O. The minimum atomic E-state index is 0.00650. The van der Waals surface area contributed by atoms with Gasteiger partial charge in [-0.15, -0.1) is 0 Å². The van der Waals surface area contributed by atoms with Crippen LogP contribution in [-0.4, -0.2) is 43.2 Å². The van der Waals surface area contributed by atoms with E-state index < -0.39 is 0 Å². The van der Waals surface area contributed by atoms with Crippen molar-refractivity contribution < 1.29 is 4.79 Å². The van der Waals surface area contributed by atoms with Crippen LogP contribution in [0.15, 0.2) is 30.3 Å². The molecule has 2 aromatic heterocycles. The number of benzene rings is 1. The van der Waals surface area contributed by atoms with Crippen molar-refractivity contribution in [2.24, 2.45) is 7.05 Å². The van der Waals surface area contributed by atoms with Crippen LogP contribution in [0.2, 0.25) is 0 Å². The van der Waals surface area contributed by atoms with Gasteiger partial charge in [-0.25, -0.2) is 4.98 Å². The van der Waals surface area contributed by atoms with Crippen LogP contribution in [0.5, 0.6) is 0 Å². The Bertz CT molecular complexity index is 881. The maximum absolute atomic E-state index is 12.5. The molecule has 0 bridgehead atoms. The van der Waals surface area contributed by atoms with Crippen molar-refractivity contribution in [2.45, 2.75) is 19.9 Å². The van der Waals surface area contributed by atoms with Crippen LogP contribution in [0, 0.1) is 13.8 Å². The molecule has 0 saturated carbocycles. The summed E-state index contributed by atoms with van der Waals surface area (Å²) in [4.78, 5) is 18.9. The third-order valence-electron chi connectivity index (χ3n) is 4.62. The average Bonchev–Trinajstić information content (AvgIpc) is 2.98. The normalized spacial score (nSPS) is 15.2. The van der Waals surface area contributed by atoms with E-state index in [1.165, 1.54) is 0 Å². The lowest BCUT2D eigenvalue weighted by molar-refractivity contribution is 0.0516. The largest absolute Gasteiger partial charge is 0.333 e. The molecule has 1 amide bonds. The molecule has 6 heteroatoms. The summed E-state index contributed by atoms with van der Waals surface area (Å²) in [5.74, 6) is 1.00. The summed E-state index contributed by atoms with van der Waals surface area (Å²) >= 11 is 0. The topological polar surface area (TPSA) is 56.0 Å². The number of aromatic nitrogens is 4. The van der Waals surface area contributed by atoms with Gasteiger partial charge < -0.3 is 9.47 Å². The number of carbonyl (C=O) groups excluding carboxylic acids is 1. The van der Waals surface area contributed by atoms with Crippen LogP contribution in [0.4, 0.5) is 0 Å². The molecule has 0 aliphatic carbocycles. The molecule has 1 saturated heterocycles. The maximum Gasteiger partial charge on any atom is 0.274 e. The molecule has 118 valence electrons. The number of aryl methyl sites for hydroxylation is 3.